The third-order valence-electron chi connectivity index (χ3n) is 5.29. The summed E-state index contributed by atoms with van der Waals surface area (Å²) in [5.41, 5.74) is 1.11. The third-order valence-corrected chi connectivity index (χ3v) is 7.21. The average Bonchev–Trinajstić information content (AvgIpc) is 3.36. The molecular formula is C24H29N3O2S2. The molecule has 3 aromatic rings. The first kappa shape index (κ1) is 23.2. The van der Waals surface area contributed by atoms with E-state index in [4.69, 9.17) is 0 Å². The maximum atomic E-state index is 13.8. The Labute approximate surface area is 192 Å². The highest BCUT2D eigenvalue weighted by Gasteiger charge is 2.35. The zero-order chi connectivity index (χ0) is 22.6. The average molecular weight is 456 g/mol. The summed E-state index contributed by atoms with van der Waals surface area (Å²) in [6.07, 6.45) is 0.784. The van der Waals surface area contributed by atoms with E-state index in [2.05, 4.69) is 10.3 Å². The van der Waals surface area contributed by atoms with Crippen LogP contribution in [0.5, 0.6) is 0 Å². The molecule has 5 nitrogen and oxygen atoms in total. The lowest BCUT2D eigenvalue weighted by Gasteiger charge is -2.34. The van der Waals surface area contributed by atoms with Crippen molar-refractivity contribution in [1.82, 2.24) is 15.2 Å². The summed E-state index contributed by atoms with van der Waals surface area (Å²) < 4.78 is 0. The Kier molecular flexibility index (Phi) is 7.28. The summed E-state index contributed by atoms with van der Waals surface area (Å²) in [7, 11) is 0. The van der Waals surface area contributed by atoms with Crippen LogP contribution >= 0.6 is 22.7 Å². The van der Waals surface area contributed by atoms with Crippen molar-refractivity contribution in [1.29, 1.82) is 0 Å². The van der Waals surface area contributed by atoms with Crippen molar-refractivity contribution in [3.8, 4) is 0 Å². The van der Waals surface area contributed by atoms with Crippen LogP contribution in [0.25, 0.3) is 0 Å². The van der Waals surface area contributed by atoms with Crippen LogP contribution in [0.1, 0.15) is 64.0 Å². The van der Waals surface area contributed by atoms with E-state index in [0.717, 1.165) is 21.9 Å². The number of hydrogen-bond donors (Lipinski definition) is 1. The second-order valence-corrected chi connectivity index (χ2v) is 10.4. The van der Waals surface area contributed by atoms with Gasteiger partial charge in [-0.2, -0.15) is 0 Å². The number of hydrogen-bond acceptors (Lipinski definition) is 5. The van der Waals surface area contributed by atoms with Crippen molar-refractivity contribution in [2.75, 3.05) is 0 Å². The Morgan fingerprint density at radius 3 is 2.39 bits per heavy atom. The summed E-state index contributed by atoms with van der Waals surface area (Å²) in [6, 6.07) is 12.7. The van der Waals surface area contributed by atoms with Gasteiger partial charge in [0.25, 0.3) is 5.91 Å². The predicted octanol–water partition coefficient (Wildman–Crippen LogP) is 5.51. The van der Waals surface area contributed by atoms with Crippen molar-refractivity contribution in [2.45, 2.75) is 59.2 Å². The minimum absolute atomic E-state index is 0.171. The molecule has 2 amide bonds. The van der Waals surface area contributed by atoms with Gasteiger partial charge >= 0.3 is 0 Å². The molecule has 0 saturated heterocycles. The first-order chi connectivity index (χ1) is 14.7. The number of rotatable bonds is 8. The minimum atomic E-state index is -0.747. The molecule has 1 aromatic carbocycles. The fourth-order valence-corrected chi connectivity index (χ4v) is 4.89. The highest BCUT2D eigenvalue weighted by Crippen LogP contribution is 2.30. The lowest BCUT2D eigenvalue weighted by molar-refractivity contribution is -0.127. The molecule has 164 valence electrons. The number of aromatic nitrogens is 1. The summed E-state index contributed by atoms with van der Waals surface area (Å²) in [6.45, 7) is 10.1. The molecule has 1 N–H and O–H groups in total. The Morgan fingerprint density at radius 2 is 1.84 bits per heavy atom. The lowest BCUT2D eigenvalue weighted by Crippen LogP contribution is -2.50. The molecular weight excluding hydrogens is 426 g/mol. The largest absolute Gasteiger partial charge is 0.349 e. The van der Waals surface area contributed by atoms with E-state index in [-0.39, 0.29) is 17.4 Å². The molecule has 1 unspecified atom stereocenters. The Balaban J connectivity index is 2.08. The zero-order valence-electron chi connectivity index (χ0n) is 18.6. The first-order valence-electron chi connectivity index (χ1n) is 10.4. The van der Waals surface area contributed by atoms with Crippen molar-refractivity contribution in [3.05, 3.63) is 73.9 Å². The fraction of sp³-hybridized carbons (Fsp3) is 0.375. The quantitative estimate of drug-likeness (QED) is 0.487. The van der Waals surface area contributed by atoms with Gasteiger partial charge in [-0.1, -0.05) is 43.3 Å². The molecule has 31 heavy (non-hydrogen) atoms. The molecule has 1 atom stereocenters. The number of aryl methyl sites for hydroxylation is 2. The van der Waals surface area contributed by atoms with Crippen LogP contribution in [0.4, 0.5) is 0 Å². The van der Waals surface area contributed by atoms with E-state index in [1.807, 2.05) is 82.5 Å². The lowest BCUT2D eigenvalue weighted by atomic mass is 9.98. The number of benzene rings is 1. The molecule has 2 heterocycles. The molecule has 0 fully saturated rings. The summed E-state index contributed by atoms with van der Waals surface area (Å²) >= 11 is 2.95. The molecule has 0 bridgehead atoms. The van der Waals surface area contributed by atoms with Crippen molar-refractivity contribution >= 4 is 34.5 Å². The fourth-order valence-electron chi connectivity index (χ4n) is 3.31. The van der Waals surface area contributed by atoms with E-state index in [1.54, 1.807) is 16.2 Å². The maximum Gasteiger partial charge on any atom is 0.267 e. The number of amides is 2. The number of carbonyl (C=O) groups is 2. The first-order valence-corrected chi connectivity index (χ1v) is 12.1. The van der Waals surface area contributed by atoms with E-state index in [1.165, 1.54) is 11.3 Å². The van der Waals surface area contributed by atoms with Crippen LogP contribution in [0.15, 0.2) is 47.8 Å². The van der Waals surface area contributed by atoms with Gasteiger partial charge in [-0.15, -0.1) is 22.7 Å². The van der Waals surface area contributed by atoms with E-state index in [9.17, 15) is 9.59 Å². The molecule has 0 aliphatic rings. The molecule has 0 spiro atoms. The van der Waals surface area contributed by atoms with Crippen LogP contribution < -0.4 is 5.32 Å². The second-order valence-electron chi connectivity index (χ2n) is 8.20. The van der Waals surface area contributed by atoms with E-state index >= 15 is 0 Å². The van der Waals surface area contributed by atoms with E-state index < -0.39 is 6.04 Å². The summed E-state index contributed by atoms with van der Waals surface area (Å²) in [4.78, 5) is 35.1. The van der Waals surface area contributed by atoms with Crippen LogP contribution in [-0.4, -0.2) is 27.2 Å². The number of thiophene rings is 1. The maximum absolute atomic E-state index is 13.8. The van der Waals surface area contributed by atoms with E-state index in [0.29, 0.717) is 17.1 Å². The molecule has 0 saturated carbocycles. The molecule has 0 radical (unpaired) electrons. The minimum Gasteiger partial charge on any atom is -0.349 e. The van der Waals surface area contributed by atoms with Crippen LogP contribution in [0.2, 0.25) is 0 Å². The highest BCUT2D eigenvalue weighted by atomic mass is 32.1. The standard InChI is InChI=1S/C24H29N3O2S2/c1-6-24(4,5)26-22(28)20(18-11-8-7-9-12-18)27(15-19-13-10-14-30-19)23(29)21-16(2)25-17(3)31-21/h7-14,20H,6,15H2,1-5H3,(H,26,28). The van der Waals surface area contributed by atoms with Gasteiger partial charge in [0.2, 0.25) is 5.91 Å². The molecule has 2 aromatic heterocycles. The van der Waals surface area contributed by atoms with Gasteiger partial charge in [0.1, 0.15) is 10.9 Å². The zero-order valence-corrected chi connectivity index (χ0v) is 20.3. The van der Waals surface area contributed by atoms with Crippen LogP contribution in [-0.2, 0) is 11.3 Å². The molecule has 7 heteroatoms. The number of nitrogens with zero attached hydrogens (tertiary/aromatic N) is 2. The predicted molar refractivity (Wildman–Crippen MR) is 127 cm³/mol. The summed E-state index contributed by atoms with van der Waals surface area (Å²) in [5.74, 6) is -0.350. The van der Waals surface area contributed by atoms with Gasteiger partial charge in [0.15, 0.2) is 0 Å². The molecule has 0 aliphatic heterocycles. The van der Waals surface area contributed by atoms with Crippen molar-refractivity contribution in [2.24, 2.45) is 0 Å². The normalized spacial score (nSPS) is 12.4. The van der Waals surface area contributed by atoms with Crippen LogP contribution in [0.3, 0.4) is 0 Å². The van der Waals surface area contributed by atoms with Gasteiger partial charge in [-0.3, -0.25) is 9.59 Å². The highest BCUT2D eigenvalue weighted by molar-refractivity contribution is 7.13. The SMILES string of the molecule is CCC(C)(C)NC(=O)C(c1ccccc1)N(Cc1cccs1)C(=O)c1sc(C)nc1C. The smallest absolute Gasteiger partial charge is 0.267 e. The number of thiazole rings is 1. The molecule has 3 rings (SSSR count). The third kappa shape index (κ3) is 5.60. The Bertz CT molecular complexity index is 1030. The van der Waals surface area contributed by atoms with Crippen molar-refractivity contribution in [3.63, 3.8) is 0 Å². The number of carbonyl (C=O) groups excluding carboxylic acids is 2. The Hall–Kier alpha value is -2.51. The summed E-state index contributed by atoms with van der Waals surface area (Å²) in [5, 5.41) is 5.97. The van der Waals surface area contributed by atoms with Gasteiger partial charge in [-0.25, -0.2) is 4.98 Å². The van der Waals surface area contributed by atoms with Gasteiger partial charge in [0, 0.05) is 10.4 Å². The monoisotopic (exact) mass is 455 g/mol. The van der Waals surface area contributed by atoms with Gasteiger partial charge in [-0.05, 0) is 51.1 Å². The second kappa shape index (κ2) is 9.75. The van der Waals surface area contributed by atoms with Gasteiger partial charge in [0.05, 0.1) is 17.2 Å². The Morgan fingerprint density at radius 1 is 1.13 bits per heavy atom. The topological polar surface area (TPSA) is 62.3 Å². The van der Waals surface area contributed by atoms with Crippen molar-refractivity contribution < 1.29 is 9.59 Å². The molecule has 0 aliphatic carbocycles. The van der Waals surface area contributed by atoms with Gasteiger partial charge < -0.3 is 10.2 Å². The number of nitrogens with one attached hydrogen (secondary N) is 1. The van der Waals surface area contributed by atoms with Crippen LogP contribution in [0, 0.1) is 13.8 Å².